The van der Waals surface area contributed by atoms with Crippen molar-refractivity contribution in [3.05, 3.63) is 35.9 Å². The van der Waals surface area contributed by atoms with Crippen molar-refractivity contribution in [2.45, 2.75) is 51.7 Å². The van der Waals surface area contributed by atoms with Crippen LogP contribution in [0.25, 0.3) is 0 Å². The topological polar surface area (TPSA) is 151 Å². The molecule has 0 unspecified atom stereocenters. The Kier molecular flexibility index (Phi) is 9.81. The zero-order valence-electron chi connectivity index (χ0n) is 17.0. The number of benzene rings is 1. The number of carbonyl (C=O) groups excluding carboxylic acids is 3. The second-order valence-corrected chi connectivity index (χ2v) is 7.33. The number of carbonyl (C=O) groups is 4. The molecular formula is C20H30N4O5. The predicted octanol–water partition coefficient (Wildman–Crippen LogP) is -0.207. The van der Waals surface area contributed by atoms with E-state index in [2.05, 4.69) is 16.0 Å². The average molecular weight is 406 g/mol. The molecule has 9 heteroatoms. The Labute approximate surface area is 170 Å². The second-order valence-electron chi connectivity index (χ2n) is 7.33. The summed E-state index contributed by atoms with van der Waals surface area (Å²) < 4.78 is 0. The van der Waals surface area contributed by atoms with Crippen molar-refractivity contribution in [1.29, 1.82) is 0 Å². The Morgan fingerprint density at radius 1 is 1.00 bits per heavy atom. The molecule has 9 nitrogen and oxygen atoms in total. The summed E-state index contributed by atoms with van der Waals surface area (Å²) in [4.78, 5) is 47.4. The molecular weight excluding hydrogens is 376 g/mol. The molecule has 1 rings (SSSR count). The van der Waals surface area contributed by atoms with Gasteiger partial charge < -0.3 is 26.8 Å². The number of carboxylic acid groups (broad SMARTS) is 1. The summed E-state index contributed by atoms with van der Waals surface area (Å²) in [6.07, 6.45) is 0.695. The fourth-order valence-electron chi connectivity index (χ4n) is 2.59. The van der Waals surface area contributed by atoms with E-state index in [4.69, 9.17) is 10.8 Å². The van der Waals surface area contributed by atoms with Crippen LogP contribution < -0.4 is 21.7 Å². The van der Waals surface area contributed by atoms with Crippen molar-refractivity contribution in [2.24, 2.45) is 11.7 Å². The van der Waals surface area contributed by atoms with E-state index in [1.807, 2.05) is 44.2 Å². The molecule has 0 aliphatic heterocycles. The van der Waals surface area contributed by atoms with Gasteiger partial charge in [0.15, 0.2) is 0 Å². The minimum atomic E-state index is -1.18. The molecule has 0 aliphatic rings. The SMILES string of the molecule is CC(C)C[C@H](NC(=O)[C@@H](N)Cc1ccccc1)C(=O)NCC(=O)N[C@@H](C)C(=O)O. The number of hydrogen-bond donors (Lipinski definition) is 5. The molecule has 160 valence electrons. The molecule has 0 radical (unpaired) electrons. The van der Waals surface area contributed by atoms with Crippen molar-refractivity contribution < 1.29 is 24.3 Å². The number of nitrogens with one attached hydrogen (secondary N) is 3. The highest BCUT2D eigenvalue weighted by molar-refractivity contribution is 5.92. The van der Waals surface area contributed by atoms with Crippen molar-refractivity contribution in [2.75, 3.05) is 6.54 Å². The lowest BCUT2D eigenvalue weighted by atomic mass is 10.0. The third-order valence-electron chi connectivity index (χ3n) is 4.15. The third kappa shape index (κ3) is 9.20. The molecule has 0 bridgehead atoms. The molecule has 0 aliphatic carbocycles. The molecule has 1 aromatic rings. The summed E-state index contributed by atoms with van der Waals surface area (Å²) in [6.45, 7) is 4.73. The zero-order valence-corrected chi connectivity index (χ0v) is 17.0. The smallest absolute Gasteiger partial charge is 0.325 e. The quantitative estimate of drug-likeness (QED) is 0.343. The van der Waals surface area contributed by atoms with Crippen LogP contribution in [0.2, 0.25) is 0 Å². The van der Waals surface area contributed by atoms with Gasteiger partial charge in [-0.15, -0.1) is 0 Å². The van der Waals surface area contributed by atoms with Gasteiger partial charge in [-0.25, -0.2) is 0 Å². The second kappa shape index (κ2) is 11.8. The van der Waals surface area contributed by atoms with Gasteiger partial charge in [0, 0.05) is 0 Å². The Balaban J connectivity index is 2.63. The molecule has 0 saturated carbocycles. The normalized spacial score (nSPS) is 13.8. The summed E-state index contributed by atoms with van der Waals surface area (Å²) in [7, 11) is 0. The van der Waals surface area contributed by atoms with Crippen LogP contribution in [0.3, 0.4) is 0 Å². The van der Waals surface area contributed by atoms with E-state index in [-0.39, 0.29) is 5.92 Å². The monoisotopic (exact) mass is 406 g/mol. The predicted molar refractivity (Wildman–Crippen MR) is 108 cm³/mol. The van der Waals surface area contributed by atoms with Gasteiger partial charge in [0.25, 0.3) is 0 Å². The van der Waals surface area contributed by atoms with Crippen LogP contribution in [0.5, 0.6) is 0 Å². The highest BCUT2D eigenvalue weighted by Crippen LogP contribution is 2.07. The molecule has 0 spiro atoms. The van der Waals surface area contributed by atoms with Crippen LogP contribution in [-0.4, -0.2) is 53.5 Å². The van der Waals surface area contributed by atoms with E-state index in [0.717, 1.165) is 5.56 Å². The fourth-order valence-corrected chi connectivity index (χ4v) is 2.59. The fraction of sp³-hybridized carbons (Fsp3) is 0.500. The van der Waals surface area contributed by atoms with Crippen LogP contribution >= 0.6 is 0 Å². The van der Waals surface area contributed by atoms with Gasteiger partial charge in [0.1, 0.15) is 12.1 Å². The maximum atomic E-state index is 12.5. The first kappa shape index (κ1) is 24.1. The lowest BCUT2D eigenvalue weighted by molar-refractivity contribution is -0.141. The number of hydrogen-bond acceptors (Lipinski definition) is 5. The van der Waals surface area contributed by atoms with E-state index in [1.54, 1.807) is 0 Å². The molecule has 0 aromatic heterocycles. The van der Waals surface area contributed by atoms with Crippen LogP contribution in [0.15, 0.2) is 30.3 Å². The Morgan fingerprint density at radius 3 is 2.17 bits per heavy atom. The van der Waals surface area contributed by atoms with E-state index < -0.39 is 48.4 Å². The Morgan fingerprint density at radius 2 is 1.62 bits per heavy atom. The van der Waals surface area contributed by atoms with Gasteiger partial charge in [0.05, 0.1) is 12.6 Å². The standard InChI is InChI=1S/C20H30N4O5/c1-12(2)9-16(19(27)22-11-17(25)23-13(3)20(28)29)24-18(26)15(21)10-14-7-5-4-6-8-14/h4-8,12-13,15-16H,9-11,21H2,1-3H3,(H,22,27)(H,23,25)(H,24,26)(H,28,29)/t13-,15-,16-/m0/s1. The van der Waals surface area contributed by atoms with Crippen molar-refractivity contribution in [1.82, 2.24) is 16.0 Å². The van der Waals surface area contributed by atoms with Crippen molar-refractivity contribution >= 4 is 23.7 Å². The van der Waals surface area contributed by atoms with Gasteiger partial charge in [-0.05, 0) is 31.2 Å². The number of amides is 3. The van der Waals surface area contributed by atoms with Gasteiger partial charge in [-0.3, -0.25) is 19.2 Å². The summed E-state index contributed by atoms with van der Waals surface area (Å²) in [5, 5.41) is 16.1. The Hall–Kier alpha value is -2.94. The van der Waals surface area contributed by atoms with Gasteiger partial charge in [-0.2, -0.15) is 0 Å². The minimum Gasteiger partial charge on any atom is -0.480 e. The summed E-state index contributed by atoms with van der Waals surface area (Å²) in [5.41, 5.74) is 6.88. The lowest BCUT2D eigenvalue weighted by Crippen LogP contribution is -2.54. The first-order valence-electron chi connectivity index (χ1n) is 9.49. The number of carboxylic acids is 1. The summed E-state index contributed by atoms with van der Waals surface area (Å²) in [6, 6.07) is 6.56. The van der Waals surface area contributed by atoms with Crippen molar-refractivity contribution in [3.63, 3.8) is 0 Å². The molecule has 1 aromatic carbocycles. The van der Waals surface area contributed by atoms with E-state index >= 15 is 0 Å². The highest BCUT2D eigenvalue weighted by atomic mass is 16.4. The van der Waals surface area contributed by atoms with Crippen LogP contribution in [0.1, 0.15) is 32.8 Å². The highest BCUT2D eigenvalue weighted by Gasteiger charge is 2.25. The molecule has 29 heavy (non-hydrogen) atoms. The lowest BCUT2D eigenvalue weighted by Gasteiger charge is -2.22. The van der Waals surface area contributed by atoms with Crippen LogP contribution in [0.4, 0.5) is 0 Å². The van der Waals surface area contributed by atoms with Gasteiger partial charge in [-0.1, -0.05) is 44.2 Å². The van der Waals surface area contributed by atoms with E-state index in [9.17, 15) is 19.2 Å². The third-order valence-corrected chi connectivity index (χ3v) is 4.15. The van der Waals surface area contributed by atoms with Gasteiger partial charge >= 0.3 is 5.97 Å². The number of aliphatic carboxylic acids is 1. The first-order valence-corrected chi connectivity index (χ1v) is 9.49. The zero-order chi connectivity index (χ0) is 22.0. The van der Waals surface area contributed by atoms with E-state index in [1.165, 1.54) is 6.92 Å². The van der Waals surface area contributed by atoms with Crippen molar-refractivity contribution in [3.8, 4) is 0 Å². The molecule has 6 N–H and O–H groups in total. The maximum absolute atomic E-state index is 12.5. The molecule has 3 amide bonds. The largest absolute Gasteiger partial charge is 0.480 e. The molecule has 0 saturated heterocycles. The maximum Gasteiger partial charge on any atom is 0.325 e. The average Bonchev–Trinajstić information content (AvgIpc) is 2.65. The molecule has 0 heterocycles. The number of rotatable bonds is 11. The van der Waals surface area contributed by atoms with E-state index in [0.29, 0.717) is 12.8 Å². The van der Waals surface area contributed by atoms with Gasteiger partial charge in [0.2, 0.25) is 17.7 Å². The van der Waals surface area contributed by atoms with Crippen LogP contribution in [0, 0.1) is 5.92 Å². The molecule has 3 atom stereocenters. The summed E-state index contributed by atoms with van der Waals surface area (Å²) >= 11 is 0. The summed E-state index contributed by atoms with van der Waals surface area (Å²) in [5.74, 6) is -2.70. The first-order chi connectivity index (χ1) is 13.6. The Bertz CT molecular complexity index is 708. The van der Waals surface area contributed by atoms with Crippen LogP contribution in [-0.2, 0) is 25.6 Å². The molecule has 0 fully saturated rings. The minimum absolute atomic E-state index is 0.109. The number of nitrogens with two attached hydrogens (primary N) is 1.